The molecule has 0 atom stereocenters. The number of nitrogens with zero attached hydrogens (tertiary/aromatic N) is 1. The van der Waals surface area contributed by atoms with E-state index >= 15 is 0 Å². The number of benzene rings is 3. The fourth-order valence-corrected chi connectivity index (χ4v) is 3.42. The van der Waals surface area contributed by atoms with Crippen LogP contribution in [-0.4, -0.2) is 38.2 Å². The Bertz CT molecular complexity index is 1180. The van der Waals surface area contributed by atoms with Crippen molar-refractivity contribution in [1.82, 2.24) is 5.43 Å². The highest BCUT2D eigenvalue weighted by Gasteiger charge is 2.34. The van der Waals surface area contributed by atoms with Crippen molar-refractivity contribution in [2.45, 2.75) is 6.92 Å². The number of amides is 2. The van der Waals surface area contributed by atoms with Crippen LogP contribution in [0.25, 0.3) is 6.08 Å². The molecule has 34 heavy (non-hydrogen) atoms. The van der Waals surface area contributed by atoms with Gasteiger partial charge in [-0.05, 0) is 60.5 Å². The van der Waals surface area contributed by atoms with Crippen LogP contribution in [0.5, 0.6) is 11.5 Å². The van der Waals surface area contributed by atoms with Gasteiger partial charge in [0.2, 0.25) is 0 Å². The van der Waals surface area contributed by atoms with Gasteiger partial charge in [-0.3, -0.25) is 15.0 Å². The van der Waals surface area contributed by atoms with Crippen molar-refractivity contribution in [1.29, 1.82) is 0 Å². The number of hydrogen-bond acceptors (Lipinski definition) is 5. The van der Waals surface area contributed by atoms with Crippen molar-refractivity contribution >= 4 is 23.6 Å². The highest BCUT2D eigenvalue weighted by Crippen LogP contribution is 2.22. The molecule has 0 aliphatic carbocycles. The smallest absolute Gasteiger partial charge is 0.282 e. The minimum absolute atomic E-state index is 0.0675. The Hall–Kier alpha value is -4.10. The lowest BCUT2D eigenvalue weighted by molar-refractivity contribution is -0.117. The van der Waals surface area contributed by atoms with E-state index in [-0.39, 0.29) is 5.57 Å². The molecule has 3 aromatic carbocycles. The third-order valence-corrected chi connectivity index (χ3v) is 5.06. The van der Waals surface area contributed by atoms with Crippen LogP contribution in [0.3, 0.4) is 0 Å². The van der Waals surface area contributed by atoms with Gasteiger partial charge in [0, 0.05) is 0 Å². The van der Waals surface area contributed by atoms with E-state index in [2.05, 4.69) is 5.43 Å². The molecular weight excluding hydrogens is 432 g/mol. The van der Waals surface area contributed by atoms with Gasteiger partial charge in [0.25, 0.3) is 11.8 Å². The first-order valence-electron chi connectivity index (χ1n) is 11.0. The predicted molar refractivity (Wildman–Crippen MR) is 129 cm³/mol. The summed E-state index contributed by atoms with van der Waals surface area (Å²) < 4.78 is 17.0. The van der Waals surface area contributed by atoms with Crippen molar-refractivity contribution in [3.8, 4) is 11.5 Å². The van der Waals surface area contributed by atoms with Gasteiger partial charge < -0.3 is 14.2 Å². The Balaban J connectivity index is 1.25. The highest BCUT2D eigenvalue weighted by atomic mass is 16.5. The van der Waals surface area contributed by atoms with Crippen LogP contribution in [0.15, 0.2) is 84.4 Å². The third-order valence-electron chi connectivity index (χ3n) is 5.06. The van der Waals surface area contributed by atoms with E-state index in [9.17, 15) is 9.59 Å². The Labute approximate surface area is 198 Å². The van der Waals surface area contributed by atoms with Gasteiger partial charge in [-0.15, -0.1) is 0 Å². The molecule has 7 nitrogen and oxygen atoms in total. The number of hydrogen-bond donors (Lipinski definition) is 1. The van der Waals surface area contributed by atoms with Crippen LogP contribution in [0, 0.1) is 6.92 Å². The molecule has 174 valence electrons. The standard InChI is InChI=1S/C27H26N2O5/c1-20-7-5-11-23(17-20)33-15-13-32-14-16-34-24-12-6-8-21(18-24)19-25-26(30)28-29(27(25)31)22-9-3-2-4-10-22/h2-12,17-19H,13-16H2,1H3,(H,28,30)/b25-19-. The Morgan fingerprint density at radius 2 is 1.47 bits per heavy atom. The maximum Gasteiger partial charge on any atom is 0.282 e. The minimum Gasteiger partial charge on any atom is -0.491 e. The number of carbonyl (C=O) groups is 2. The minimum atomic E-state index is -0.443. The van der Waals surface area contributed by atoms with Crippen LogP contribution < -0.4 is 19.9 Å². The molecule has 1 saturated heterocycles. The molecule has 7 heteroatoms. The average Bonchev–Trinajstić information content (AvgIpc) is 3.13. The van der Waals surface area contributed by atoms with Gasteiger partial charge in [0.1, 0.15) is 30.3 Å². The van der Waals surface area contributed by atoms with E-state index < -0.39 is 11.8 Å². The molecule has 0 radical (unpaired) electrons. The molecule has 1 fully saturated rings. The highest BCUT2D eigenvalue weighted by molar-refractivity contribution is 6.31. The number of para-hydroxylation sites is 1. The molecule has 1 aliphatic heterocycles. The van der Waals surface area contributed by atoms with E-state index in [4.69, 9.17) is 14.2 Å². The summed E-state index contributed by atoms with van der Waals surface area (Å²) in [5.74, 6) is 0.608. The van der Waals surface area contributed by atoms with E-state index in [0.29, 0.717) is 43.4 Å². The molecule has 1 heterocycles. The molecule has 0 saturated carbocycles. The van der Waals surface area contributed by atoms with Crippen molar-refractivity contribution in [2.24, 2.45) is 0 Å². The maximum absolute atomic E-state index is 12.7. The summed E-state index contributed by atoms with van der Waals surface area (Å²) in [7, 11) is 0. The second-order valence-corrected chi connectivity index (χ2v) is 7.67. The quantitative estimate of drug-likeness (QED) is 0.283. The third kappa shape index (κ3) is 6.02. The molecule has 0 spiro atoms. The summed E-state index contributed by atoms with van der Waals surface area (Å²) in [5.41, 5.74) is 5.11. The lowest BCUT2D eigenvalue weighted by Gasteiger charge is -2.13. The lowest BCUT2D eigenvalue weighted by atomic mass is 10.1. The second kappa shape index (κ2) is 11.2. The Morgan fingerprint density at radius 3 is 2.18 bits per heavy atom. The average molecular weight is 459 g/mol. The first-order valence-corrected chi connectivity index (χ1v) is 11.0. The van der Waals surface area contributed by atoms with Gasteiger partial charge in [-0.1, -0.05) is 42.5 Å². The summed E-state index contributed by atoms with van der Waals surface area (Å²) in [6, 6.07) is 24.1. The van der Waals surface area contributed by atoms with Crippen molar-refractivity contribution < 1.29 is 23.8 Å². The molecule has 0 unspecified atom stereocenters. The van der Waals surface area contributed by atoms with Gasteiger partial charge in [0.05, 0.1) is 18.9 Å². The van der Waals surface area contributed by atoms with Crippen LogP contribution in [0.1, 0.15) is 11.1 Å². The summed E-state index contributed by atoms with van der Waals surface area (Å²) in [6.45, 7) is 3.72. The second-order valence-electron chi connectivity index (χ2n) is 7.67. The lowest BCUT2D eigenvalue weighted by Crippen LogP contribution is -2.35. The SMILES string of the molecule is Cc1cccc(OCCOCCOc2cccc(/C=C3/C(=O)NN(c4ccccc4)C3=O)c2)c1. The fourth-order valence-electron chi connectivity index (χ4n) is 3.42. The number of aryl methyl sites for hydroxylation is 1. The number of anilines is 1. The number of hydrazine groups is 1. The molecular formula is C27H26N2O5. The van der Waals surface area contributed by atoms with Crippen LogP contribution in [0.2, 0.25) is 0 Å². The molecule has 0 aromatic heterocycles. The molecule has 0 bridgehead atoms. The van der Waals surface area contributed by atoms with Crippen LogP contribution >= 0.6 is 0 Å². The summed E-state index contributed by atoms with van der Waals surface area (Å²) in [4.78, 5) is 25.1. The van der Waals surface area contributed by atoms with Crippen molar-refractivity contribution in [3.05, 3.63) is 95.6 Å². The van der Waals surface area contributed by atoms with Crippen LogP contribution in [0.4, 0.5) is 5.69 Å². The fraction of sp³-hybridized carbons (Fsp3) is 0.185. The zero-order valence-electron chi connectivity index (χ0n) is 18.9. The topological polar surface area (TPSA) is 77.1 Å². The first kappa shape index (κ1) is 23.1. The number of ether oxygens (including phenoxy) is 3. The normalized spacial score (nSPS) is 14.4. The molecule has 2 amide bonds. The zero-order chi connectivity index (χ0) is 23.8. The van der Waals surface area contributed by atoms with Gasteiger partial charge in [0.15, 0.2) is 0 Å². The monoisotopic (exact) mass is 458 g/mol. The number of rotatable bonds is 10. The molecule has 4 rings (SSSR count). The largest absolute Gasteiger partial charge is 0.491 e. The first-order chi connectivity index (χ1) is 16.6. The van der Waals surface area contributed by atoms with Crippen molar-refractivity contribution in [3.63, 3.8) is 0 Å². The predicted octanol–water partition coefficient (Wildman–Crippen LogP) is 3.93. The molecule has 1 aliphatic rings. The van der Waals surface area contributed by atoms with E-state index in [1.165, 1.54) is 5.01 Å². The summed E-state index contributed by atoms with van der Waals surface area (Å²) >= 11 is 0. The van der Waals surface area contributed by atoms with E-state index in [1.807, 2.05) is 55.5 Å². The number of carbonyl (C=O) groups excluding carboxylic acids is 2. The number of nitrogens with one attached hydrogen (secondary N) is 1. The van der Waals surface area contributed by atoms with E-state index in [0.717, 1.165) is 11.3 Å². The Morgan fingerprint density at radius 1 is 0.794 bits per heavy atom. The van der Waals surface area contributed by atoms with E-state index in [1.54, 1.807) is 36.4 Å². The van der Waals surface area contributed by atoms with Crippen LogP contribution in [-0.2, 0) is 14.3 Å². The maximum atomic E-state index is 12.7. The van der Waals surface area contributed by atoms with Gasteiger partial charge in [-0.25, -0.2) is 5.01 Å². The summed E-state index contributed by atoms with van der Waals surface area (Å²) in [5, 5.41) is 1.24. The van der Waals surface area contributed by atoms with Gasteiger partial charge in [-0.2, -0.15) is 0 Å². The Kier molecular flexibility index (Phi) is 7.57. The summed E-state index contributed by atoms with van der Waals surface area (Å²) in [6.07, 6.45) is 1.56. The van der Waals surface area contributed by atoms with Crippen molar-refractivity contribution in [2.75, 3.05) is 31.4 Å². The molecule has 1 N–H and O–H groups in total. The molecule has 3 aromatic rings. The zero-order valence-corrected chi connectivity index (χ0v) is 18.9. The van der Waals surface area contributed by atoms with Gasteiger partial charge >= 0.3 is 0 Å².